The van der Waals surface area contributed by atoms with E-state index in [1.165, 1.54) is 17.0 Å². The first-order chi connectivity index (χ1) is 20.6. The van der Waals surface area contributed by atoms with E-state index in [1.807, 2.05) is 56.3 Å². The fraction of sp³-hybridized carbons (Fsp3) is 0.235. The van der Waals surface area contributed by atoms with Crippen LogP contribution >= 0.6 is 11.6 Å². The average Bonchev–Trinajstić information content (AvgIpc) is 2.99. The number of carbonyl (C=O) groups is 2. The molecule has 0 aliphatic rings. The molecule has 0 aliphatic heterocycles. The molecule has 2 amide bonds. The van der Waals surface area contributed by atoms with Crippen molar-refractivity contribution < 1.29 is 18.0 Å². The van der Waals surface area contributed by atoms with Crippen LogP contribution in [-0.2, 0) is 32.6 Å². The average molecular weight is 618 g/mol. The van der Waals surface area contributed by atoms with E-state index >= 15 is 0 Å². The van der Waals surface area contributed by atoms with Gasteiger partial charge in [-0.3, -0.25) is 13.9 Å². The minimum Gasteiger partial charge on any atom is -0.355 e. The second-order valence-electron chi connectivity index (χ2n) is 10.4. The Bertz CT molecular complexity index is 1660. The van der Waals surface area contributed by atoms with Crippen LogP contribution in [0.2, 0.25) is 5.02 Å². The molecule has 0 saturated carbocycles. The van der Waals surface area contributed by atoms with Crippen molar-refractivity contribution in [1.29, 1.82) is 0 Å². The summed E-state index contributed by atoms with van der Waals surface area (Å²) in [5.74, 6) is -0.850. The highest BCUT2D eigenvalue weighted by Gasteiger charge is 2.34. The van der Waals surface area contributed by atoms with Crippen LogP contribution in [0.5, 0.6) is 0 Å². The van der Waals surface area contributed by atoms with Gasteiger partial charge in [-0.25, -0.2) is 8.42 Å². The number of anilines is 1. The summed E-state index contributed by atoms with van der Waals surface area (Å²) in [6.45, 7) is 5.41. The second kappa shape index (κ2) is 14.4. The Morgan fingerprint density at radius 1 is 0.837 bits per heavy atom. The molecule has 4 rings (SSSR count). The molecule has 1 N–H and O–H groups in total. The van der Waals surface area contributed by atoms with Crippen LogP contribution < -0.4 is 9.62 Å². The Balaban J connectivity index is 1.80. The van der Waals surface area contributed by atoms with Gasteiger partial charge < -0.3 is 10.2 Å². The SMILES string of the molecule is CCNC(=O)[C@H](Cc1ccccc1)N(Cc1cccc(Cl)c1)C(=O)CN(c1ccccc1C)S(=O)(=O)c1ccc(C)cc1. The number of aryl methyl sites for hydroxylation is 2. The van der Waals surface area contributed by atoms with Gasteiger partial charge in [0.05, 0.1) is 10.6 Å². The van der Waals surface area contributed by atoms with Gasteiger partial charge in [-0.15, -0.1) is 0 Å². The van der Waals surface area contributed by atoms with Gasteiger partial charge in [0.2, 0.25) is 11.8 Å². The number of benzene rings is 4. The third kappa shape index (κ3) is 8.03. The van der Waals surface area contributed by atoms with Gasteiger partial charge in [0.25, 0.3) is 10.0 Å². The van der Waals surface area contributed by atoms with Crippen LogP contribution in [0, 0.1) is 13.8 Å². The number of carbonyl (C=O) groups excluding carboxylic acids is 2. The normalized spacial score (nSPS) is 11.9. The Kier molecular flexibility index (Phi) is 10.6. The number of para-hydroxylation sites is 1. The van der Waals surface area contributed by atoms with Crippen LogP contribution in [0.25, 0.3) is 0 Å². The molecule has 0 aromatic heterocycles. The maximum Gasteiger partial charge on any atom is 0.264 e. The summed E-state index contributed by atoms with van der Waals surface area (Å²) in [5.41, 5.74) is 3.57. The van der Waals surface area contributed by atoms with E-state index in [2.05, 4.69) is 5.32 Å². The molecule has 4 aromatic carbocycles. The van der Waals surface area contributed by atoms with Gasteiger partial charge >= 0.3 is 0 Å². The Hall–Kier alpha value is -4.14. The van der Waals surface area contributed by atoms with Crippen molar-refractivity contribution in [3.8, 4) is 0 Å². The zero-order valence-electron chi connectivity index (χ0n) is 24.5. The first kappa shape index (κ1) is 31.8. The van der Waals surface area contributed by atoms with E-state index in [0.717, 1.165) is 15.4 Å². The minimum absolute atomic E-state index is 0.0558. The van der Waals surface area contributed by atoms with Gasteiger partial charge in [0.15, 0.2) is 0 Å². The summed E-state index contributed by atoms with van der Waals surface area (Å²) in [7, 11) is -4.15. The summed E-state index contributed by atoms with van der Waals surface area (Å²) >= 11 is 6.28. The lowest BCUT2D eigenvalue weighted by Gasteiger charge is -2.34. The lowest BCUT2D eigenvalue weighted by atomic mass is 10.0. The van der Waals surface area contributed by atoms with Gasteiger partial charge in [0, 0.05) is 24.5 Å². The molecule has 0 bridgehead atoms. The van der Waals surface area contributed by atoms with Crippen molar-refractivity contribution in [2.24, 2.45) is 0 Å². The Morgan fingerprint density at radius 3 is 2.14 bits per heavy atom. The molecule has 9 heteroatoms. The largest absolute Gasteiger partial charge is 0.355 e. The highest BCUT2D eigenvalue weighted by atomic mass is 35.5. The first-order valence-corrected chi connectivity index (χ1v) is 15.9. The number of hydrogen-bond donors (Lipinski definition) is 1. The minimum atomic E-state index is -4.15. The van der Waals surface area contributed by atoms with Crippen molar-refractivity contribution in [1.82, 2.24) is 10.2 Å². The Labute approximate surface area is 259 Å². The maximum absolute atomic E-state index is 14.4. The van der Waals surface area contributed by atoms with Crippen molar-refractivity contribution in [2.45, 2.75) is 44.7 Å². The molecule has 4 aromatic rings. The summed E-state index contributed by atoms with van der Waals surface area (Å²) in [4.78, 5) is 29.5. The highest BCUT2D eigenvalue weighted by Crippen LogP contribution is 2.28. The monoisotopic (exact) mass is 617 g/mol. The molecule has 7 nitrogen and oxygen atoms in total. The summed E-state index contributed by atoms with van der Waals surface area (Å²) in [6, 6.07) is 29.2. The van der Waals surface area contributed by atoms with Crippen LogP contribution in [0.15, 0.2) is 108 Å². The topological polar surface area (TPSA) is 86.8 Å². The zero-order valence-corrected chi connectivity index (χ0v) is 26.1. The fourth-order valence-electron chi connectivity index (χ4n) is 4.87. The van der Waals surface area contributed by atoms with Gasteiger partial charge in [-0.1, -0.05) is 90.0 Å². The third-order valence-corrected chi connectivity index (χ3v) is 9.15. The first-order valence-electron chi connectivity index (χ1n) is 14.1. The molecule has 0 spiro atoms. The lowest BCUT2D eigenvalue weighted by Crippen LogP contribution is -2.53. The van der Waals surface area contributed by atoms with Gasteiger partial charge in [-0.05, 0) is 67.8 Å². The van der Waals surface area contributed by atoms with Gasteiger partial charge in [-0.2, -0.15) is 0 Å². The van der Waals surface area contributed by atoms with Crippen molar-refractivity contribution in [2.75, 3.05) is 17.4 Å². The summed E-state index contributed by atoms with van der Waals surface area (Å²) in [6.07, 6.45) is 0.244. The number of halogens is 1. The van der Waals surface area contributed by atoms with E-state index < -0.39 is 28.5 Å². The number of sulfonamides is 1. The number of hydrogen-bond acceptors (Lipinski definition) is 4. The van der Waals surface area contributed by atoms with E-state index in [1.54, 1.807) is 55.5 Å². The number of rotatable bonds is 12. The molecule has 224 valence electrons. The van der Waals surface area contributed by atoms with E-state index in [0.29, 0.717) is 28.4 Å². The molecule has 0 fully saturated rings. The predicted octanol–water partition coefficient (Wildman–Crippen LogP) is 5.93. The van der Waals surface area contributed by atoms with Crippen molar-refractivity contribution >= 4 is 39.1 Å². The zero-order chi connectivity index (χ0) is 31.0. The smallest absolute Gasteiger partial charge is 0.264 e. The molecular formula is C34H36ClN3O4S. The molecule has 0 aliphatic carbocycles. The number of nitrogens with one attached hydrogen (secondary N) is 1. The van der Waals surface area contributed by atoms with Crippen LogP contribution in [0.1, 0.15) is 29.2 Å². The number of likely N-dealkylation sites (N-methyl/N-ethyl adjacent to an activating group) is 1. The van der Waals surface area contributed by atoms with Gasteiger partial charge in [0.1, 0.15) is 12.6 Å². The maximum atomic E-state index is 14.4. The van der Waals surface area contributed by atoms with Crippen LogP contribution in [0.4, 0.5) is 5.69 Å². The molecule has 0 unspecified atom stereocenters. The van der Waals surface area contributed by atoms with E-state index in [9.17, 15) is 18.0 Å². The van der Waals surface area contributed by atoms with Crippen molar-refractivity contribution in [3.05, 3.63) is 130 Å². The molecule has 0 heterocycles. The van der Waals surface area contributed by atoms with Crippen LogP contribution in [0.3, 0.4) is 0 Å². The third-order valence-electron chi connectivity index (χ3n) is 7.14. The lowest BCUT2D eigenvalue weighted by molar-refractivity contribution is -0.140. The Morgan fingerprint density at radius 2 is 1.49 bits per heavy atom. The quantitative estimate of drug-likeness (QED) is 0.214. The predicted molar refractivity (Wildman–Crippen MR) is 172 cm³/mol. The fourth-order valence-corrected chi connectivity index (χ4v) is 6.56. The second-order valence-corrected chi connectivity index (χ2v) is 12.7. The molecular weight excluding hydrogens is 582 g/mol. The molecule has 0 saturated heterocycles. The molecule has 0 radical (unpaired) electrons. The van der Waals surface area contributed by atoms with Crippen molar-refractivity contribution in [3.63, 3.8) is 0 Å². The number of nitrogens with zero attached hydrogens (tertiary/aromatic N) is 2. The van der Waals surface area contributed by atoms with Crippen LogP contribution in [-0.4, -0.2) is 44.3 Å². The molecule has 1 atom stereocenters. The van der Waals surface area contributed by atoms with E-state index in [4.69, 9.17) is 11.6 Å². The van der Waals surface area contributed by atoms with E-state index in [-0.39, 0.29) is 23.8 Å². The number of amides is 2. The summed E-state index contributed by atoms with van der Waals surface area (Å²) < 4.78 is 29.4. The summed E-state index contributed by atoms with van der Waals surface area (Å²) in [5, 5.41) is 3.35. The molecule has 43 heavy (non-hydrogen) atoms. The highest BCUT2D eigenvalue weighted by molar-refractivity contribution is 7.92. The standard InChI is InChI=1S/C34H36ClN3O4S/c1-4-36-34(40)32(22-27-12-6-5-7-13-27)37(23-28-14-10-15-29(35)21-28)33(39)24-38(31-16-9-8-11-26(31)3)43(41,42)30-19-17-25(2)18-20-30/h5-21,32H,4,22-24H2,1-3H3,(H,36,40)/t32-/m0/s1.